The predicted molar refractivity (Wildman–Crippen MR) is 125 cm³/mol. The zero-order valence-electron chi connectivity index (χ0n) is 16.8. The molecule has 1 aliphatic heterocycles. The van der Waals surface area contributed by atoms with Crippen molar-refractivity contribution in [2.24, 2.45) is 0 Å². The molecule has 0 aromatic heterocycles. The van der Waals surface area contributed by atoms with Gasteiger partial charge in [-0.1, -0.05) is 61.2 Å². The van der Waals surface area contributed by atoms with Gasteiger partial charge in [-0.2, -0.15) is 0 Å². The van der Waals surface area contributed by atoms with Crippen molar-refractivity contribution in [1.82, 2.24) is 4.90 Å². The zero-order chi connectivity index (χ0) is 21.0. The Morgan fingerprint density at radius 3 is 2.52 bits per heavy atom. The number of benzene rings is 2. The van der Waals surface area contributed by atoms with Gasteiger partial charge in [0.25, 0.3) is 5.91 Å². The monoisotopic (exact) mass is 424 g/mol. The summed E-state index contributed by atoms with van der Waals surface area (Å²) in [5.41, 5.74) is 5.28. The maximum Gasteiger partial charge on any atom is 0.266 e. The van der Waals surface area contributed by atoms with Gasteiger partial charge in [-0.05, 0) is 60.7 Å². The summed E-state index contributed by atoms with van der Waals surface area (Å²) >= 11 is 6.64. The van der Waals surface area contributed by atoms with Gasteiger partial charge in [0.1, 0.15) is 4.32 Å². The number of rotatable bonds is 6. The number of anilines is 1. The van der Waals surface area contributed by atoms with E-state index in [2.05, 4.69) is 24.4 Å². The number of hydrogen-bond acceptors (Lipinski definition) is 4. The van der Waals surface area contributed by atoms with Crippen LogP contribution in [0.2, 0.25) is 0 Å². The summed E-state index contributed by atoms with van der Waals surface area (Å²) in [7, 11) is 0. The van der Waals surface area contributed by atoms with Crippen molar-refractivity contribution in [3.05, 3.63) is 69.6 Å². The number of nitrogens with zero attached hydrogens (tertiary/aromatic N) is 1. The minimum absolute atomic E-state index is 0.138. The number of thioether (sulfide) groups is 1. The van der Waals surface area contributed by atoms with Gasteiger partial charge < -0.3 is 5.32 Å². The highest BCUT2D eigenvalue weighted by atomic mass is 32.2. The van der Waals surface area contributed by atoms with Gasteiger partial charge >= 0.3 is 0 Å². The normalized spacial score (nSPS) is 15.3. The van der Waals surface area contributed by atoms with E-state index >= 15 is 0 Å². The first kappa shape index (κ1) is 21.3. The molecular weight excluding hydrogens is 400 g/mol. The Balaban J connectivity index is 1.60. The van der Waals surface area contributed by atoms with E-state index in [4.69, 9.17) is 12.2 Å². The lowest BCUT2D eigenvalue weighted by Crippen LogP contribution is -2.31. The van der Waals surface area contributed by atoms with Crippen LogP contribution in [-0.4, -0.2) is 27.6 Å². The fraction of sp³-hybridized carbons (Fsp3) is 0.261. The third kappa shape index (κ3) is 5.34. The van der Waals surface area contributed by atoms with Crippen molar-refractivity contribution in [2.75, 3.05) is 11.9 Å². The summed E-state index contributed by atoms with van der Waals surface area (Å²) in [4.78, 5) is 27.1. The summed E-state index contributed by atoms with van der Waals surface area (Å²) in [6.07, 6.45) is 3.03. The van der Waals surface area contributed by atoms with E-state index in [9.17, 15) is 9.59 Å². The number of thiocarbonyl (C=S) groups is 1. The number of carbonyl (C=O) groups is 2. The minimum atomic E-state index is -0.140. The topological polar surface area (TPSA) is 49.4 Å². The smallest absolute Gasteiger partial charge is 0.266 e. The van der Waals surface area contributed by atoms with Crippen LogP contribution in [0.5, 0.6) is 0 Å². The number of amides is 2. The van der Waals surface area contributed by atoms with Crippen molar-refractivity contribution in [3.63, 3.8) is 0 Å². The maximum absolute atomic E-state index is 12.7. The lowest BCUT2D eigenvalue weighted by Gasteiger charge is -2.14. The summed E-state index contributed by atoms with van der Waals surface area (Å²) in [6.45, 7) is 6.42. The quantitative estimate of drug-likeness (QED) is 0.518. The van der Waals surface area contributed by atoms with Crippen LogP contribution in [0, 0.1) is 13.8 Å². The predicted octanol–water partition coefficient (Wildman–Crippen LogP) is 5.10. The summed E-state index contributed by atoms with van der Waals surface area (Å²) in [5.74, 6) is -0.278. The molecule has 0 bridgehead atoms. The van der Waals surface area contributed by atoms with Crippen molar-refractivity contribution in [2.45, 2.75) is 33.6 Å². The van der Waals surface area contributed by atoms with Crippen molar-refractivity contribution in [3.8, 4) is 0 Å². The molecule has 3 rings (SSSR count). The molecule has 0 radical (unpaired) electrons. The molecule has 2 aromatic rings. The molecule has 0 unspecified atom stereocenters. The van der Waals surface area contributed by atoms with E-state index in [0.717, 1.165) is 23.2 Å². The lowest BCUT2D eigenvalue weighted by atomic mass is 10.1. The lowest BCUT2D eigenvalue weighted by molar-refractivity contribution is -0.122. The Morgan fingerprint density at radius 2 is 1.86 bits per heavy atom. The molecule has 6 heteroatoms. The van der Waals surface area contributed by atoms with Gasteiger partial charge in [-0.25, -0.2) is 0 Å². The molecule has 1 saturated heterocycles. The highest BCUT2D eigenvalue weighted by Gasteiger charge is 2.32. The molecule has 2 aromatic carbocycles. The molecule has 0 aliphatic carbocycles. The van der Waals surface area contributed by atoms with Gasteiger partial charge in [-0.3, -0.25) is 14.5 Å². The van der Waals surface area contributed by atoms with E-state index in [0.29, 0.717) is 9.23 Å². The maximum atomic E-state index is 12.7. The van der Waals surface area contributed by atoms with Crippen LogP contribution in [0.15, 0.2) is 47.4 Å². The third-order valence-electron chi connectivity index (χ3n) is 4.91. The van der Waals surface area contributed by atoms with Crippen LogP contribution in [0.25, 0.3) is 6.08 Å². The van der Waals surface area contributed by atoms with Crippen LogP contribution in [-0.2, 0) is 16.0 Å². The first-order valence-electron chi connectivity index (χ1n) is 9.59. The number of carbonyl (C=O) groups excluding carboxylic acids is 2. The van der Waals surface area contributed by atoms with E-state index in [-0.39, 0.29) is 24.8 Å². The molecule has 1 heterocycles. The van der Waals surface area contributed by atoms with Crippen molar-refractivity contribution >= 4 is 51.9 Å². The van der Waals surface area contributed by atoms with Crippen LogP contribution in [0.3, 0.4) is 0 Å². The Bertz CT molecular complexity index is 981. The second-order valence-electron chi connectivity index (χ2n) is 7.03. The summed E-state index contributed by atoms with van der Waals surface area (Å²) < 4.78 is 0.491. The fourth-order valence-electron chi connectivity index (χ4n) is 2.95. The first-order chi connectivity index (χ1) is 13.9. The molecule has 1 fully saturated rings. The number of aryl methyl sites for hydroxylation is 3. The van der Waals surface area contributed by atoms with Crippen LogP contribution in [0.4, 0.5) is 5.69 Å². The largest absolute Gasteiger partial charge is 0.326 e. The molecule has 0 atom stereocenters. The van der Waals surface area contributed by atoms with Crippen molar-refractivity contribution in [1.29, 1.82) is 0 Å². The summed E-state index contributed by atoms with van der Waals surface area (Å²) in [6, 6.07) is 13.9. The third-order valence-corrected chi connectivity index (χ3v) is 6.29. The van der Waals surface area contributed by atoms with Gasteiger partial charge in [0.15, 0.2) is 0 Å². The van der Waals surface area contributed by atoms with Gasteiger partial charge in [0.05, 0.1) is 4.91 Å². The van der Waals surface area contributed by atoms with Crippen molar-refractivity contribution < 1.29 is 9.59 Å². The standard InChI is InChI=1S/C23H24N2O2S2/c1-4-17-6-8-18(9-7-17)14-20-22(27)25(23(28)29-20)12-11-21(26)24-19-10-5-15(2)16(3)13-19/h5-10,13-14H,4,11-12H2,1-3H3,(H,24,26). The highest BCUT2D eigenvalue weighted by molar-refractivity contribution is 8.26. The first-order valence-corrected chi connectivity index (χ1v) is 10.8. The fourth-order valence-corrected chi connectivity index (χ4v) is 4.26. The molecule has 4 nitrogen and oxygen atoms in total. The van der Waals surface area contributed by atoms with Gasteiger partial charge in [0, 0.05) is 18.7 Å². The van der Waals surface area contributed by atoms with E-state index in [1.807, 2.05) is 50.3 Å². The molecule has 1 aliphatic rings. The molecule has 1 N–H and O–H groups in total. The Kier molecular flexibility index (Phi) is 6.87. The van der Waals surface area contributed by atoms with E-state index in [1.54, 1.807) is 0 Å². The molecule has 29 heavy (non-hydrogen) atoms. The summed E-state index contributed by atoms with van der Waals surface area (Å²) in [5, 5.41) is 2.88. The Hall–Kier alpha value is -2.44. The zero-order valence-corrected chi connectivity index (χ0v) is 18.5. The second kappa shape index (κ2) is 9.37. The minimum Gasteiger partial charge on any atom is -0.326 e. The van der Waals surface area contributed by atoms with E-state index in [1.165, 1.54) is 27.8 Å². The average Bonchev–Trinajstić information content (AvgIpc) is 2.96. The van der Waals surface area contributed by atoms with Crippen LogP contribution in [0.1, 0.15) is 35.6 Å². The average molecular weight is 425 g/mol. The Labute approximate surface area is 181 Å². The second-order valence-corrected chi connectivity index (χ2v) is 8.70. The molecule has 2 amide bonds. The number of nitrogens with one attached hydrogen (secondary N) is 1. The van der Waals surface area contributed by atoms with E-state index < -0.39 is 0 Å². The Morgan fingerprint density at radius 1 is 1.14 bits per heavy atom. The SMILES string of the molecule is CCc1ccc(C=C2SC(=S)N(CCC(=O)Nc3ccc(C)c(C)c3)C2=O)cc1. The van der Waals surface area contributed by atoms with Crippen LogP contribution < -0.4 is 5.32 Å². The van der Waals surface area contributed by atoms with Gasteiger partial charge in [0.2, 0.25) is 5.91 Å². The van der Waals surface area contributed by atoms with Gasteiger partial charge in [-0.15, -0.1) is 0 Å². The highest BCUT2D eigenvalue weighted by Crippen LogP contribution is 2.32. The number of hydrogen-bond donors (Lipinski definition) is 1. The van der Waals surface area contributed by atoms with Crippen LogP contribution >= 0.6 is 24.0 Å². The molecule has 0 saturated carbocycles. The molecular formula is C23H24N2O2S2. The molecule has 150 valence electrons. The molecule has 0 spiro atoms.